The molecule has 0 radical (unpaired) electrons. The van der Waals surface area contributed by atoms with Crippen LogP contribution in [0.3, 0.4) is 0 Å². The van der Waals surface area contributed by atoms with Crippen molar-refractivity contribution in [3.63, 3.8) is 0 Å². The van der Waals surface area contributed by atoms with E-state index in [0.717, 1.165) is 49.8 Å². The van der Waals surface area contributed by atoms with Gasteiger partial charge in [0.2, 0.25) is 0 Å². The summed E-state index contributed by atoms with van der Waals surface area (Å²) in [4.78, 5) is 6.44. The Bertz CT molecular complexity index is 636. The average molecular weight is 428 g/mol. The highest BCUT2D eigenvalue weighted by molar-refractivity contribution is 14.0. The summed E-state index contributed by atoms with van der Waals surface area (Å²) in [5, 5.41) is 11.8. The number of pyridine rings is 1. The average Bonchev–Trinajstić information content (AvgIpc) is 2.95. The maximum atomic E-state index is 4.31. The molecule has 0 atom stereocenters. The van der Waals surface area contributed by atoms with Crippen molar-refractivity contribution in [2.45, 2.75) is 19.3 Å². The fraction of sp³-hybridized carbons (Fsp3) is 0.438. The molecule has 126 valence electrons. The summed E-state index contributed by atoms with van der Waals surface area (Å²) < 4.78 is 2.01. The lowest BCUT2D eigenvalue weighted by atomic mass is 10.3. The zero-order chi connectivity index (χ0) is 15.8. The minimum absolute atomic E-state index is 0. The zero-order valence-corrected chi connectivity index (χ0v) is 16.1. The molecule has 0 bridgehead atoms. The van der Waals surface area contributed by atoms with Gasteiger partial charge in [0, 0.05) is 39.8 Å². The van der Waals surface area contributed by atoms with Crippen LogP contribution >= 0.6 is 24.0 Å². The lowest BCUT2D eigenvalue weighted by Crippen LogP contribution is -2.40. The number of hydrogen-bond donors (Lipinski definition) is 1. The van der Waals surface area contributed by atoms with Gasteiger partial charge in [0.15, 0.2) is 11.6 Å². The second-order valence-corrected chi connectivity index (χ2v) is 5.12. The Labute approximate surface area is 154 Å². The van der Waals surface area contributed by atoms with Crippen molar-refractivity contribution in [2.75, 3.05) is 27.2 Å². The van der Waals surface area contributed by atoms with Gasteiger partial charge in [0.25, 0.3) is 0 Å². The van der Waals surface area contributed by atoms with Crippen LogP contribution < -0.4 is 5.32 Å². The highest BCUT2D eigenvalue weighted by atomic mass is 127. The minimum atomic E-state index is 0. The summed E-state index contributed by atoms with van der Waals surface area (Å²) in [6, 6.07) is 5.90. The van der Waals surface area contributed by atoms with Gasteiger partial charge in [-0.3, -0.25) is 9.39 Å². The van der Waals surface area contributed by atoms with Crippen LogP contribution in [0.25, 0.3) is 5.65 Å². The number of aromatic nitrogens is 3. The molecule has 0 saturated carbocycles. The van der Waals surface area contributed by atoms with E-state index in [9.17, 15) is 0 Å². The Balaban J connectivity index is 0.00000264. The standard InChI is InChI=1S/C16H24N6.HI/c1-4-5-7-12-21(3)16(17-2)18-11-10-15-20-19-14-9-6-8-13-22(14)15;/h4,6,8-9,13H,1,5,7,10-12H2,2-3H3,(H,17,18);1H. The lowest BCUT2D eigenvalue weighted by molar-refractivity contribution is 0.470. The number of unbranched alkanes of at least 4 members (excludes halogenated alkanes) is 1. The van der Waals surface area contributed by atoms with Gasteiger partial charge in [0.1, 0.15) is 5.82 Å². The summed E-state index contributed by atoms with van der Waals surface area (Å²) in [5.41, 5.74) is 0.878. The third kappa shape index (κ3) is 5.49. The molecule has 2 aromatic rings. The van der Waals surface area contributed by atoms with Gasteiger partial charge in [0.05, 0.1) is 0 Å². The molecule has 0 saturated heterocycles. The van der Waals surface area contributed by atoms with E-state index in [-0.39, 0.29) is 24.0 Å². The molecule has 0 unspecified atom stereocenters. The highest BCUT2D eigenvalue weighted by Crippen LogP contribution is 2.03. The van der Waals surface area contributed by atoms with E-state index in [1.165, 1.54) is 0 Å². The van der Waals surface area contributed by atoms with Gasteiger partial charge < -0.3 is 10.2 Å². The topological polar surface area (TPSA) is 57.8 Å². The number of aliphatic imine (C=N–C) groups is 1. The molecule has 0 spiro atoms. The van der Waals surface area contributed by atoms with E-state index >= 15 is 0 Å². The van der Waals surface area contributed by atoms with E-state index < -0.39 is 0 Å². The molecule has 6 nitrogen and oxygen atoms in total. The van der Waals surface area contributed by atoms with E-state index in [1.54, 1.807) is 7.05 Å². The molecule has 2 aromatic heterocycles. The van der Waals surface area contributed by atoms with E-state index in [0.29, 0.717) is 0 Å². The number of allylic oxidation sites excluding steroid dienone is 1. The Hall–Kier alpha value is -1.64. The maximum Gasteiger partial charge on any atom is 0.193 e. The molecular weight excluding hydrogens is 403 g/mol. The fourth-order valence-corrected chi connectivity index (χ4v) is 2.31. The molecule has 7 heteroatoms. The van der Waals surface area contributed by atoms with Gasteiger partial charge in [-0.25, -0.2) is 0 Å². The molecule has 2 heterocycles. The summed E-state index contributed by atoms with van der Waals surface area (Å²) in [6.45, 7) is 5.48. The number of guanidine groups is 1. The number of nitrogens with zero attached hydrogens (tertiary/aromatic N) is 5. The smallest absolute Gasteiger partial charge is 0.193 e. The van der Waals surface area contributed by atoms with E-state index in [4.69, 9.17) is 0 Å². The van der Waals surface area contributed by atoms with Gasteiger partial charge in [-0.1, -0.05) is 12.1 Å². The number of halogens is 1. The summed E-state index contributed by atoms with van der Waals surface area (Å²) in [6.07, 6.45) is 6.83. The zero-order valence-electron chi connectivity index (χ0n) is 13.8. The van der Waals surface area contributed by atoms with Gasteiger partial charge in [-0.15, -0.1) is 40.8 Å². The van der Waals surface area contributed by atoms with Crippen LogP contribution in [-0.2, 0) is 6.42 Å². The molecule has 0 aliphatic carbocycles. The van der Waals surface area contributed by atoms with Crippen LogP contribution in [0.2, 0.25) is 0 Å². The predicted molar refractivity (Wildman–Crippen MR) is 106 cm³/mol. The molecule has 0 amide bonds. The first-order chi connectivity index (χ1) is 10.8. The lowest BCUT2D eigenvalue weighted by Gasteiger charge is -2.21. The van der Waals surface area contributed by atoms with Crippen LogP contribution in [0.1, 0.15) is 18.7 Å². The van der Waals surface area contributed by atoms with Crippen molar-refractivity contribution in [3.8, 4) is 0 Å². The van der Waals surface area contributed by atoms with Crippen LogP contribution in [0.15, 0.2) is 42.0 Å². The molecule has 0 aromatic carbocycles. The Morgan fingerprint density at radius 3 is 3.00 bits per heavy atom. The second kappa shape index (κ2) is 10.2. The van der Waals surface area contributed by atoms with Crippen LogP contribution in [0.5, 0.6) is 0 Å². The largest absolute Gasteiger partial charge is 0.356 e. The molecule has 0 fully saturated rings. The quantitative estimate of drug-likeness (QED) is 0.242. The van der Waals surface area contributed by atoms with Gasteiger partial charge >= 0.3 is 0 Å². The minimum Gasteiger partial charge on any atom is -0.356 e. The molecule has 1 N–H and O–H groups in total. The molecule has 2 rings (SSSR count). The van der Waals surface area contributed by atoms with Gasteiger partial charge in [-0.05, 0) is 25.0 Å². The number of rotatable bonds is 7. The van der Waals surface area contributed by atoms with E-state index in [2.05, 4.69) is 32.0 Å². The maximum absolute atomic E-state index is 4.31. The first-order valence-corrected chi connectivity index (χ1v) is 7.57. The molecular formula is C16H25IN6. The molecule has 23 heavy (non-hydrogen) atoms. The first kappa shape index (κ1) is 19.4. The van der Waals surface area contributed by atoms with Crippen molar-refractivity contribution in [2.24, 2.45) is 4.99 Å². The Kier molecular flexibility index (Phi) is 8.60. The van der Waals surface area contributed by atoms with Crippen molar-refractivity contribution >= 4 is 35.6 Å². The monoisotopic (exact) mass is 428 g/mol. The fourth-order valence-electron chi connectivity index (χ4n) is 2.31. The Morgan fingerprint density at radius 1 is 1.43 bits per heavy atom. The normalized spacial score (nSPS) is 11.1. The first-order valence-electron chi connectivity index (χ1n) is 7.57. The van der Waals surface area contributed by atoms with E-state index in [1.807, 2.05) is 41.9 Å². The number of fused-ring (bicyclic) bond motifs is 1. The van der Waals surface area contributed by atoms with Crippen molar-refractivity contribution in [1.29, 1.82) is 0 Å². The summed E-state index contributed by atoms with van der Waals surface area (Å²) in [7, 11) is 3.85. The van der Waals surface area contributed by atoms with Crippen molar-refractivity contribution in [3.05, 3.63) is 42.9 Å². The van der Waals surface area contributed by atoms with Crippen molar-refractivity contribution < 1.29 is 0 Å². The summed E-state index contributed by atoms with van der Waals surface area (Å²) >= 11 is 0. The second-order valence-electron chi connectivity index (χ2n) is 5.12. The number of nitrogens with one attached hydrogen (secondary N) is 1. The third-order valence-corrected chi connectivity index (χ3v) is 3.49. The number of hydrogen-bond acceptors (Lipinski definition) is 3. The van der Waals surface area contributed by atoms with Crippen LogP contribution in [-0.4, -0.2) is 52.6 Å². The Morgan fingerprint density at radius 2 is 2.26 bits per heavy atom. The van der Waals surface area contributed by atoms with Crippen molar-refractivity contribution in [1.82, 2.24) is 24.8 Å². The highest BCUT2D eigenvalue weighted by Gasteiger charge is 2.07. The molecule has 0 aliphatic rings. The predicted octanol–water partition coefficient (Wildman–Crippen LogP) is 2.36. The SMILES string of the molecule is C=CCCCN(C)C(=NC)NCCc1nnc2ccccn12.I. The van der Waals surface area contributed by atoms with Crippen LogP contribution in [0, 0.1) is 0 Å². The molecule has 0 aliphatic heterocycles. The third-order valence-electron chi connectivity index (χ3n) is 3.49. The summed E-state index contributed by atoms with van der Waals surface area (Å²) in [5.74, 6) is 1.85. The van der Waals surface area contributed by atoms with Gasteiger partial charge in [-0.2, -0.15) is 0 Å². The van der Waals surface area contributed by atoms with Crippen LogP contribution in [0.4, 0.5) is 0 Å².